The molecule has 2 aliphatic rings. The highest BCUT2D eigenvalue weighted by molar-refractivity contribution is 8.18. The van der Waals surface area contributed by atoms with Crippen LogP contribution in [0.3, 0.4) is 0 Å². The third-order valence-electron chi connectivity index (χ3n) is 4.43. The van der Waals surface area contributed by atoms with E-state index in [4.69, 9.17) is 0 Å². The van der Waals surface area contributed by atoms with Gasteiger partial charge < -0.3 is 9.80 Å². The normalized spacial score (nSPS) is 19.5. The van der Waals surface area contributed by atoms with Gasteiger partial charge >= 0.3 is 0 Å². The molecule has 7 heteroatoms. The minimum absolute atomic E-state index is 0.0180. The van der Waals surface area contributed by atoms with Crippen LogP contribution in [0.2, 0.25) is 0 Å². The van der Waals surface area contributed by atoms with Gasteiger partial charge in [-0.25, -0.2) is 9.97 Å². The van der Waals surface area contributed by atoms with Crippen LogP contribution in [0.4, 0.5) is 11.6 Å². The van der Waals surface area contributed by atoms with Crippen molar-refractivity contribution in [3.05, 3.63) is 53.2 Å². The molecule has 0 spiro atoms. The zero-order valence-corrected chi connectivity index (χ0v) is 15.0. The number of carbonyl (C=O) groups is 2. The van der Waals surface area contributed by atoms with Gasteiger partial charge in [-0.15, -0.1) is 0 Å². The first kappa shape index (κ1) is 16.8. The van der Waals surface area contributed by atoms with Gasteiger partial charge in [-0.2, -0.15) is 0 Å². The fourth-order valence-corrected chi connectivity index (χ4v) is 3.89. The van der Waals surface area contributed by atoms with Crippen LogP contribution in [0.25, 0.3) is 6.08 Å². The summed E-state index contributed by atoms with van der Waals surface area (Å²) in [5.41, 5.74) is 1.89. The van der Waals surface area contributed by atoms with Crippen LogP contribution in [0.1, 0.15) is 12.1 Å². The van der Waals surface area contributed by atoms with E-state index in [-0.39, 0.29) is 17.3 Å². The lowest BCUT2D eigenvalue weighted by Crippen LogP contribution is -2.47. The Bertz CT molecular complexity index is 861. The second kappa shape index (κ2) is 7.29. The number of hydrogen-bond donors (Lipinski definition) is 0. The Morgan fingerprint density at radius 2 is 1.69 bits per heavy atom. The number of para-hydroxylation sites is 1. The average Bonchev–Trinajstić information content (AvgIpc) is 3.00. The summed E-state index contributed by atoms with van der Waals surface area (Å²) >= 11 is 1.000. The number of benzene rings is 1. The molecule has 1 aromatic heterocycles. The molecule has 2 aliphatic heterocycles. The Hall–Kier alpha value is -2.67. The van der Waals surface area contributed by atoms with Gasteiger partial charge in [0.2, 0.25) is 11.1 Å². The van der Waals surface area contributed by atoms with Gasteiger partial charge in [0.1, 0.15) is 0 Å². The fourth-order valence-electron chi connectivity index (χ4n) is 3.08. The summed E-state index contributed by atoms with van der Waals surface area (Å²) < 4.78 is 0. The van der Waals surface area contributed by atoms with E-state index in [0.29, 0.717) is 16.5 Å². The van der Waals surface area contributed by atoms with Crippen molar-refractivity contribution in [2.75, 3.05) is 36.0 Å². The molecule has 0 unspecified atom stereocenters. The molecule has 0 N–H and O–H groups in total. The lowest BCUT2D eigenvalue weighted by molar-refractivity contribution is -0.119. The molecular formula is C19H18N4O2S. The van der Waals surface area contributed by atoms with Crippen LogP contribution in [0.5, 0.6) is 0 Å². The van der Waals surface area contributed by atoms with Crippen molar-refractivity contribution in [1.29, 1.82) is 0 Å². The van der Waals surface area contributed by atoms with Crippen molar-refractivity contribution >= 4 is 40.4 Å². The molecule has 0 saturated carbocycles. The van der Waals surface area contributed by atoms with E-state index in [1.165, 1.54) is 5.69 Å². The predicted octanol–water partition coefficient (Wildman–Crippen LogP) is 2.38. The number of anilines is 2. The fraction of sp³-hybridized carbons (Fsp3) is 0.263. The first-order valence-corrected chi connectivity index (χ1v) is 9.34. The predicted molar refractivity (Wildman–Crippen MR) is 103 cm³/mol. The van der Waals surface area contributed by atoms with Crippen molar-refractivity contribution in [3.8, 4) is 0 Å². The van der Waals surface area contributed by atoms with E-state index in [1.54, 1.807) is 18.3 Å². The Morgan fingerprint density at radius 1 is 0.962 bits per heavy atom. The lowest BCUT2D eigenvalue weighted by Gasteiger charge is -2.36. The van der Waals surface area contributed by atoms with Crippen LogP contribution >= 0.6 is 11.8 Å². The SMILES string of the molecule is O=C1CC(=O)C(=Cc2ccnc(N3CCN(c4ccccc4)CC3)n2)S1. The van der Waals surface area contributed by atoms with Crippen LogP contribution in [-0.4, -0.2) is 47.0 Å². The molecule has 2 aromatic rings. The van der Waals surface area contributed by atoms with Gasteiger partial charge in [0, 0.05) is 38.1 Å². The molecule has 26 heavy (non-hydrogen) atoms. The first-order chi connectivity index (χ1) is 12.7. The number of allylic oxidation sites excluding steroid dienone is 1. The minimum atomic E-state index is -0.128. The van der Waals surface area contributed by atoms with Crippen molar-refractivity contribution in [3.63, 3.8) is 0 Å². The number of thioether (sulfide) groups is 1. The lowest BCUT2D eigenvalue weighted by atomic mass is 10.2. The van der Waals surface area contributed by atoms with E-state index in [2.05, 4.69) is 44.0 Å². The zero-order valence-electron chi connectivity index (χ0n) is 14.2. The molecule has 0 bridgehead atoms. The molecule has 1 aromatic carbocycles. The van der Waals surface area contributed by atoms with Gasteiger partial charge in [0.05, 0.1) is 17.0 Å². The molecule has 0 amide bonds. The smallest absolute Gasteiger partial charge is 0.225 e. The van der Waals surface area contributed by atoms with Crippen molar-refractivity contribution in [2.24, 2.45) is 0 Å². The van der Waals surface area contributed by atoms with E-state index in [0.717, 1.165) is 37.9 Å². The highest BCUT2D eigenvalue weighted by atomic mass is 32.2. The first-order valence-electron chi connectivity index (χ1n) is 8.52. The number of piperazine rings is 1. The largest absolute Gasteiger partial charge is 0.368 e. The van der Waals surface area contributed by atoms with Crippen LogP contribution in [0.15, 0.2) is 47.5 Å². The molecule has 6 nitrogen and oxygen atoms in total. The van der Waals surface area contributed by atoms with Crippen LogP contribution in [-0.2, 0) is 9.59 Å². The second-order valence-electron chi connectivity index (χ2n) is 6.17. The third kappa shape index (κ3) is 3.62. The molecule has 132 valence electrons. The Morgan fingerprint density at radius 3 is 2.38 bits per heavy atom. The molecule has 2 fully saturated rings. The van der Waals surface area contributed by atoms with Crippen molar-refractivity contribution in [2.45, 2.75) is 6.42 Å². The molecule has 4 rings (SSSR count). The van der Waals surface area contributed by atoms with E-state index >= 15 is 0 Å². The Balaban J connectivity index is 1.45. The highest BCUT2D eigenvalue weighted by Gasteiger charge is 2.26. The van der Waals surface area contributed by atoms with Gasteiger partial charge in [0.25, 0.3) is 0 Å². The maximum absolute atomic E-state index is 11.8. The standard InChI is InChI=1S/C19H18N4O2S/c24-16-13-18(25)26-17(16)12-14-6-7-20-19(21-14)23-10-8-22(9-11-23)15-4-2-1-3-5-15/h1-7,12H,8-11,13H2. The van der Waals surface area contributed by atoms with Crippen LogP contribution < -0.4 is 9.80 Å². The molecule has 0 aliphatic carbocycles. The summed E-state index contributed by atoms with van der Waals surface area (Å²) in [4.78, 5) is 37.1. The monoisotopic (exact) mass is 366 g/mol. The number of Topliss-reactive ketones (excluding diaryl/α,β-unsaturated/α-hetero) is 1. The minimum Gasteiger partial charge on any atom is -0.368 e. The van der Waals surface area contributed by atoms with Gasteiger partial charge in [-0.05, 0) is 36.0 Å². The second-order valence-corrected chi connectivity index (χ2v) is 7.27. The number of carbonyl (C=O) groups excluding carboxylic acids is 2. The van der Waals surface area contributed by atoms with E-state index < -0.39 is 0 Å². The summed E-state index contributed by atoms with van der Waals surface area (Å²) in [7, 11) is 0. The summed E-state index contributed by atoms with van der Waals surface area (Å²) in [6.45, 7) is 3.48. The van der Waals surface area contributed by atoms with E-state index in [1.807, 2.05) is 6.07 Å². The van der Waals surface area contributed by atoms with E-state index in [9.17, 15) is 9.59 Å². The maximum Gasteiger partial charge on any atom is 0.225 e. The Kier molecular flexibility index (Phi) is 4.71. The molecule has 0 atom stereocenters. The molecule has 0 radical (unpaired) electrons. The summed E-state index contributed by atoms with van der Waals surface area (Å²) in [6, 6.07) is 12.1. The van der Waals surface area contributed by atoms with Crippen LogP contribution in [0, 0.1) is 0 Å². The number of hydrogen-bond acceptors (Lipinski definition) is 7. The number of nitrogens with zero attached hydrogens (tertiary/aromatic N) is 4. The summed E-state index contributed by atoms with van der Waals surface area (Å²) in [5, 5.41) is -0.104. The average molecular weight is 366 g/mol. The highest BCUT2D eigenvalue weighted by Crippen LogP contribution is 2.30. The third-order valence-corrected chi connectivity index (χ3v) is 5.37. The van der Waals surface area contributed by atoms with Crippen molar-refractivity contribution < 1.29 is 9.59 Å². The van der Waals surface area contributed by atoms with Crippen molar-refractivity contribution in [1.82, 2.24) is 9.97 Å². The molecule has 2 saturated heterocycles. The Labute approximate surface area is 155 Å². The number of aromatic nitrogens is 2. The van der Waals surface area contributed by atoms with Gasteiger partial charge in [-0.3, -0.25) is 9.59 Å². The number of rotatable bonds is 3. The van der Waals surface area contributed by atoms with Gasteiger partial charge in [-0.1, -0.05) is 18.2 Å². The van der Waals surface area contributed by atoms with Gasteiger partial charge in [0.15, 0.2) is 5.78 Å². The summed E-state index contributed by atoms with van der Waals surface area (Å²) in [5.74, 6) is 0.533. The topological polar surface area (TPSA) is 66.4 Å². The number of ketones is 1. The molecule has 3 heterocycles. The maximum atomic E-state index is 11.8. The quantitative estimate of drug-likeness (QED) is 0.610. The zero-order chi connectivity index (χ0) is 17.9. The summed E-state index contributed by atoms with van der Waals surface area (Å²) in [6.07, 6.45) is 3.36. The molecular weight excluding hydrogens is 348 g/mol.